The van der Waals surface area contributed by atoms with E-state index in [0.717, 1.165) is 24.9 Å². The van der Waals surface area contributed by atoms with Crippen molar-refractivity contribution >= 4 is 0 Å². The van der Waals surface area contributed by atoms with E-state index in [1.165, 1.54) is 45.4 Å². The topological polar surface area (TPSA) is 39.5 Å². The fraction of sp³-hybridized carbons (Fsp3) is 0.588. The Kier molecular flexibility index (Phi) is 4.74. The van der Waals surface area contributed by atoms with Gasteiger partial charge in [0.15, 0.2) is 0 Å². The van der Waals surface area contributed by atoms with Gasteiger partial charge in [0.2, 0.25) is 0 Å². The first-order valence-corrected chi connectivity index (χ1v) is 7.94. The number of nitrogens with zero attached hydrogens (tertiary/aromatic N) is 3. The predicted molar refractivity (Wildman–Crippen MR) is 82.3 cm³/mol. The zero-order valence-electron chi connectivity index (χ0n) is 12.5. The summed E-state index contributed by atoms with van der Waals surface area (Å²) >= 11 is 0. The molecule has 1 unspecified atom stereocenters. The third-order valence-corrected chi connectivity index (χ3v) is 4.55. The third kappa shape index (κ3) is 3.75. The molecular weight excluding hydrogens is 262 g/mol. The monoisotopic (exact) mass is 285 g/mol. The molecule has 0 bridgehead atoms. The van der Waals surface area contributed by atoms with Gasteiger partial charge >= 0.3 is 0 Å². The molecule has 0 aromatic heterocycles. The minimum atomic E-state index is 0.677. The Bertz CT molecular complexity index is 494. The highest BCUT2D eigenvalue weighted by Gasteiger charge is 2.28. The first-order valence-electron chi connectivity index (χ1n) is 7.94. The molecular formula is C17H23N3O. The summed E-state index contributed by atoms with van der Waals surface area (Å²) in [6, 6.07) is 10.2. The van der Waals surface area contributed by atoms with Crippen LogP contribution in [0.15, 0.2) is 24.3 Å². The van der Waals surface area contributed by atoms with Crippen LogP contribution in [0.2, 0.25) is 0 Å². The molecule has 4 nitrogen and oxygen atoms in total. The van der Waals surface area contributed by atoms with Crippen LogP contribution in [-0.4, -0.2) is 55.2 Å². The number of nitriles is 1. The van der Waals surface area contributed by atoms with Crippen molar-refractivity contribution in [3.8, 4) is 11.8 Å². The SMILES string of the molecule is N#Cc1ccc(OCCN2CCCN3CCCC3C2)cc1. The lowest BCUT2D eigenvalue weighted by Gasteiger charge is -2.25. The van der Waals surface area contributed by atoms with Crippen LogP contribution in [0.1, 0.15) is 24.8 Å². The van der Waals surface area contributed by atoms with E-state index in [-0.39, 0.29) is 0 Å². The summed E-state index contributed by atoms with van der Waals surface area (Å²) < 4.78 is 5.80. The smallest absolute Gasteiger partial charge is 0.119 e. The van der Waals surface area contributed by atoms with Gasteiger partial charge in [-0.2, -0.15) is 5.26 Å². The molecule has 1 aromatic carbocycles. The van der Waals surface area contributed by atoms with Gasteiger partial charge in [0.05, 0.1) is 11.6 Å². The van der Waals surface area contributed by atoms with Crippen LogP contribution in [0.5, 0.6) is 5.75 Å². The molecule has 0 radical (unpaired) electrons. The standard InChI is InChI=1S/C17H23N3O/c18-13-15-4-6-17(7-5-15)21-12-11-19-8-2-10-20-9-1-3-16(20)14-19/h4-7,16H,1-3,8-12,14H2. The Balaban J connectivity index is 1.45. The lowest BCUT2D eigenvalue weighted by molar-refractivity contribution is 0.188. The third-order valence-electron chi connectivity index (χ3n) is 4.55. The number of fused-ring (bicyclic) bond motifs is 1. The normalized spacial score (nSPS) is 23.3. The van der Waals surface area contributed by atoms with E-state index in [2.05, 4.69) is 15.9 Å². The van der Waals surface area contributed by atoms with Crippen molar-refractivity contribution in [2.75, 3.05) is 39.3 Å². The molecule has 1 atom stereocenters. The quantitative estimate of drug-likeness (QED) is 0.849. The summed E-state index contributed by atoms with van der Waals surface area (Å²) in [5, 5.41) is 8.77. The van der Waals surface area contributed by atoms with E-state index >= 15 is 0 Å². The van der Waals surface area contributed by atoms with E-state index in [4.69, 9.17) is 10.00 Å². The van der Waals surface area contributed by atoms with Gasteiger partial charge in [-0.25, -0.2) is 0 Å². The van der Waals surface area contributed by atoms with E-state index in [9.17, 15) is 0 Å². The minimum absolute atomic E-state index is 0.677. The fourth-order valence-corrected chi connectivity index (χ4v) is 3.40. The molecule has 0 saturated carbocycles. The summed E-state index contributed by atoms with van der Waals surface area (Å²) in [6.07, 6.45) is 3.99. The summed E-state index contributed by atoms with van der Waals surface area (Å²) in [4.78, 5) is 5.20. The summed E-state index contributed by atoms with van der Waals surface area (Å²) in [5.41, 5.74) is 0.677. The highest BCUT2D eigenvalue weighted by molar-refractivity contribution is 5.34. The van der Waals surface area contributed by atoms with Gasteiger partial charge < -0.3 is 4.74 Å². The van der Waals surface area contributed by atoms with Crippen LogP contribution in [0, 0.1) is 11.3 Å². The maximum Gasteiger partial charge on any atom is 0.119 e. The highest BCUT2D eigenvalue weighted by atomic mass is 16.5. The Labute approximate surface area is 126 Å². The van der Waals surface area contributed by atoms with Gasteiger partial charge in [-0.15, -0.1) is 0 Å². The second-order valence-corrected chi connectivity index (χ2v) is 5.97. The molecule has 21 heavy (non-hydrogen) atoms. The molecule has 1 aromatic rings. The van der Waals surface area contributed by atoms with Gasteiger partial charge in [0.25, 0.3) is 0 Å². The van der Waals surface area contributed by atoms with Crippen molar-refractivity contribution < 1.29 is 4.74 Å². The Morgan fingerprint density at radius 1 is 1.14 bits per heavy atom. The lowest BCUT2D eigenvalue weighted by Crippen LogP contribution is -2.38. The molecule has 2 fully saturated rings. The van der Waals surface area contributed by atoms with Crippen LogP contribution in [-0.2, 0) is 0 Å². The number of benzene rings is 1. The van der Waals surface area contributed by atoms with E-state index in [1.54, 1.807) is 12.1 Å². The molecule has 3 rings (SSSR count). The predicted octanol–water partition coefficient (Wildman–Crippen LogP) is 2.11. The van der Waals surface area contributed by atoms with E-state index < -0.39 is 0 Å². The summed E-state index contributed by atoms with van der Waals surface area (Å²) in [7, 11) is 0. The van der Waals surface area contributed by atoms with Crippen LogP contribution < -0.4 is 4.74 Å². The second-order valence-electron chi connectivity index (χ2n) is 5.97. The molecule has 4 heteroatoms. The average molecular weight is 285 g/mol. The first kappa shape index (κ1) is 14.4. The fourth-order valence-electron chi connectivity index (χ4n) is 3.40. The molecule has 0 N–H and O–H groups in total. The van der Waals surface area contributed by atoms with Gasteiger partial charge in [-0.3, -0.25) is 9.80 Å². The first-order chi connectivity index (χ1) is 10.3. The van der Waals surface area contributed by atoms with Crippen molar-refractivity contribution in [2.24, 2.45) is 0 Å². The Hall–Kier alpha value is -1.57. The van der Waals surface area contributed by atoms with Crippen LogP contribution >= 0.6 is 0 Å². The average Bonchev–Trinajstić information content (AvgIpc) is 2.86. The van der Waals surface area contributed by atoms with E-state index in [0.29, 0.717) is 5.56 Å². The van der Waals surface area contributed by atoms with Crippen molar-refractivity contribution in [1.29, 1.82) is 5.26 Å². The number of hydrogen-bond donors (Lipinski definition) is 0. The van der Waals surface area contributed by atoms with Crippen molar-refractivity contribution in [3.63, 3.8) is 0 Å². The molecule has 2 aliphatic rings. The van der Waals surface area contributed by atoms with E-state index in [1.807, 2.05) is 12.1 Å². The van der Waals surface area contributed by atoms with Gasteiger partial charge in [-0.05, 0) is 63.2 Å². The minimum Gasteiger partial charge on any atom is -0.492 e. The molecule has 2 saturated heterocycles. The molecule has 0 spiro atoms. The maximum atomic E-state index is 8.77. The van der Waals surface area contributed by atoms with Gasteiger partial charge in [0, 0.05) is 19.1 Å². The summed E-state index contributed by atoms with van der Waals surface area (Å²) in [5.74, 6) is 0.853. The molecule has 0 amide bonds. The molecule has 2 heterocycles. The maximum absolute atomic E-state index is 8.77. The second kappa shape index (κ2) is 6.93. The molecule has 2 aliphatic heterocycles. The van der Waals surface area contributed by atoms with Gasteiger partial charge in [-0.1, -0.05) is 0 Å². The molecule has 112 valence electrons. The zero-order valence-corrected chi connectivity index (χ0v) is 12.5. The number of ether oxygens (including phenoxy) is 1. The van der Waals surface area contributed by atoms with Crippen molar-refractivity contribution in [1.82, 2.24) is 9.80 Å². The Morgan fingerprint density at radius 3 is 2.76 bits per heavy atom. The Morgan fingerprint density at radius 2 is 1.95 bits per heavy atom. The van der Waals surface area contributed by atoms with Crippen LogP contribution in [0.4, 0.5) is 0 Å². The van der Waals surface area contributed by atoms with Gasteiger partial charge in [0.1, 0.15) is 12.4 Å². The van der Waals surface area contributed by atoms with Crippen molar-refractivity contribution in [3.05, 3.63) is 29.8 Å². The summed E-state index contributed by atoms with van der Waals surface area (Å²) in [6.45, 7) is 6.64. The highest BCUT2D eigenvalue weighted by Crippen LogP contribution is 2.21. The van der Waals surface area contributed by atoms with Crippen LogP contribution in [0.25, 0.3) is 0 Å². The lowest BCUT2D eigenvalue weighted by atomic mass is 10.2. The molecule has 0 aliphatic carbocycles. The zero-order chi connectivity index (χ0) is 14.5. The van der Waals surface area contributed by atoms with Crippen LogP contribution in [0.3, 0.4) is 0 Å². The van der Waals surface area contributed by atoms with Crippen molar-refractivity contribution in [2.45, 2.75) is 25.3 Å². The number of rotatable bonds is 4. The number of hydrogen-bond acceptors (Lipinski definition) is 4. The largest absolute Gasteiger partial charge is 0.492 e.